The minimum atomic E-state index is -0.429. The molecule has 0 aliphatic carbocycles. The fourth-order valence-corrected chi connectivity index (χ4v) is 2.50. The summed E-state index contributed by atoms with van der Waals surface area (Å²) in [5, 5.41) is 0.529. The molecule has 0 radical (unpaired) electrons. The highest BCUT2D eigenvalue weighted by molar-refractivity contribution is 7.99. The Balaban J connectivity index is 1.97. The Morgan fingerprint density at radius 1 is 1.35 bits per heavy atom. The Bertz CT molecular complexity index is 774. The van der Waals surface area contributed by atoms with Gasteiger partial charge in [-0.1, -0.05) is 6.92 Å². The van der Waals surface area contributed by atoms with Crippen molar-refractivity contribution in [2.75, 3.05) is 5.73 Å². The Labute approximate surface area is 118 Å². The molecule has 20 heavy (non-hydrogen) atoms. The molecule has 0 unspecified atom stereocenters. The molecule has 2 heterocycles. The lowest BCUT2D eigenvalue weighted by atomic mass is 10.3. The predicted octanol–water partition coefficient (Wildman–Crippen LogP) is 3.05. The lowest BCUT2D eigenvalue weighted by molar-refractivity contribution is 0.486. The molecule has 0 fully saturated rings. The van der Waals surface area contributed by atoms with Gasteiger partial charge in [0.15, 0.2) is 11.4 Å². The van der Waals surface area contributed by atoms with Gasteiger partial charge in [-0.15, -0.1) is 0 Å². The minimum Gasteiger partial charge on any atom is -0.431 e. The third-order valence-corrected chi connectivity index (χ3v) is 3.57. The van der Waals surface area contributed by atoms with Crippen molar-refractivity contribution < 1.29 is 8.81 Å². The van der Waals surface area contributed by atoms with Gasteiger partial charge >= 0.3 is 0 Å². The van der Waals surface area contributed by atoms with Crippen molar-refractivity contribution in [1.29, 1.82) is 0 Å². The molecule has 3 aromatic rings. The van der Waals surface area contributed by atoms with E-state index in [1.807, 2.05) is 6.92 Å². The molecule has 5 nitrogen and oxygen atoms in total. The van der Waals surface area contributed by atoms with E-state index in [1.165, 1.54) is 6.33 Å². The summed E-state index contributed by atoms with van der Waals surface area (Å²) < 4.78 is 19.6. The van der Waals surface area contributed by atoms with Gasteiger partial charge in [0.1, 0.15) is 16.9 Å². The van der Waals surface area contributed by atoms with Crippen molar-refractivity contribution in [2.24, 2.45) is 0 Å². The Morgan fingerprint density at radius 3 is 3.00 bits per heavy atom. The van der Waals surface area contributed by atoms with Crippen LogP contribution in [0.1, 0.15) is 12.6 Å². The highest BCUT2D eigenvalue weighted by atomic mass is 32.2. The van der Waals surface area contributed by atoms with Crippen molar-refractivity contribution in [3.05, 3.63) is 36.0 Å². The summed E-state index contributed by atoms with van der Waals surface area (Å²) in [5.41, 5.74) is 7.90. The highest BCUT2D eigenvalue weighted by Gasteiger charge is 2.15. The van der Waals surface area contributed by atoms with E-state index in [-0.39, 0.29) is 5.03 Å². The van der Waals surface area contributed by atoms with Crippen molar-refractivity contribution in [3.8, 4) is 0 Å². The quantitative estimate of drug-likeness (QED) is 0.590. The van der Waals surface area contributed by atoms with Gasteiger partial charge in [-0.25, -0.2) is 19.3 Å². The molecule has 0 spiro atoms. The maximum atomic E-state index is 14.0. The fraction of sp³-hybridized carbons (Fsp3) is 0.154. The third-order valence-electron chi connectivity index (χ3n) is 2.74. The standard InChI is InChI=1S/C13H11FN4OS/c1-2-8-11(14)12(17-6-16-8)20-13-18-9-5-7(15)3-4-10(9)19-13/h3-6H,2,15H2,1H3. The number of oxazole rings is 1. The number of hydrogen-bond acceptors (Lipinski definition) is 6. The number of rotatable bonds is 3. The summed E-state index contributed by atoms with van der Waals surface area (Å²) in [6.45, 7) is 1.84. The van der Waals surface area contributed by atoms with Crippen LogP contribution in [0.15, 0.2) is 39.2 Å². The maximum absolute atomic E-state index is 14.0. The molecule has 0 saturated heterocycles. The first-order chi connectivity index (χ1) is 9.67. The average Bonchev–Trinajstić information content (AvgIpc) is 2.82. The zero-order chi connectivity index (χ0) is 14.1. The largest absolute Gasteiger partial charge is 0.431 e. The first-order valence-corrected chi connectivity index (χ1v) is 6.82. The summed E-state index contributed by atoms with van der Waals surface area (Å²) in [7, 11) is 0. The number of aromatic nitrogens is 3. The van der Waals surface area contributed by atoms with Gasteiger partial charge in [0.05, 0.1) is 5.69 Å². The van der Waals surface area contributed by atoms with Crippen LogP contribution in [-0.2, 0) is 6.42 Å². The van der Waals surface area contributed by atoms with E-state index >= 15 is 0 Å². The zero-order valence-electron chi connectivity index (χ0n) is 10.6. The van der Waals surface area contributed by atoms with Gasteiger partial charge in [0.25, 0.3) is 5.22 Å². The third kappa shape index (κ3) is 2.32. The summed E-state index contributed by atoms with van der Waals surface area (Å²) >= 11 is 1.03. The van der Waals surface area contributed by atoms with Crippen molar-refractivity contribution in [3.63, 3.8) is 0 Å². The first-order valence-electron chi connectivity index (χ1n) is 6.00. The van der Waals surface area contributed by atoms with Crippen LogP contribution in [0.4, 0.5) is 10.1 Å². The average molecular weight is 290 g/mol. The monoisotopic (exact) mass is 290 g/mol. The van der Waals surface area contributed by atoms with Crippen LogP contribution in [0.3, 0.4) is 0 Å². The molecule has 0 atom stereocenters. The van der Waals surface area contributed by atoms with E-state index in [4.69, 9.17) is 10.2 Å². The molecular weight excluding hydrogens is 279 g/mol. The van der Waals surface area contributed by atoms with Gasteiger partial charge in [0.2, 0.25) is 0 Å². The van der Waals surface area contributed by atoms with Crippen LogP contribution in [0.5, 0.6) is 0 Å². The number of benzene rings is 1. The van der Waals surface area contributed by atoms with E-state index in [0.29, 0.717) is 34.1 Å². The van der Waals surface area contributed by atoms with Crippen molar-refractivity contribution in [1.82, 2.24) is 15.0 Å². The topological polar surface area (TPSA) is 77.8 Å². The van der Waals surface area contributed by atoms with E-state index < -0.39 is 5.82 Å². The smallest absolute Gasteiger partial charge is 0.263 e. The van der Waals surface area contributed by atoms with E-state index in [1.54, 1.807) is 18.2 Å². The summed E-state index contributed by atoms with van der Waals surface area (Å²) in [6.07, 6.45) is 1.84. The lowest BCUT2D eigenvalue weighted by Gasteiger charge is -2.01. The molecule has 0 aliphatic rings. The van der Waals surface area contributed by atoms with Crippen molar-refractivity contribution in [2.45, 2.75) is 23.6 Å². The summed E-state index contributed by atoms with van der Waals surface area (Å²) in [5.74, 6) is -0.429. The lowest BCUT2D eigenvalue weighted by Crippen LogP contribution is -1.97. The molecule has 0 amide bonds. The molecule has 2 aromatic heterocycles. The second-order valence-electron chi connectivity index (χ2n) is 4.10. The van der Waals surface area contributed by atoms with Crippen LogP contribution < -0.4 is 5.73 Å². The molecule has 0 aliphatic heterocycles. The van der Waals surface area contributed by atoms with Gasteiger partial charge in [-0.3, -0.25) is 0 Å². The Hall–Kier alpha value is -2.15. The van der Waals surface area contributed by atoms with Crippen LogP contribution >= 0.6 is 11.8 Å². The molecule has 0 bridgehead atoms. The number of aryl methyl sites for hydroxylation is 1. The van der Waals surface area contributed by atoms with Crippen LogP contribution in [0, 0.1) is 5.82 Å². The zero-order valence-corrected chi connectivity index (χ0v) is 11.4. The van der Waals surface area contributed by atoms with Gasteiger partial charge in [-0.2, -0.15) is 0 Å². The molecule has 102 valence electrons. The van der Waals surface area contributed by atoms with Gasteiger partial charge < -0.3 is 10.2 Å². The second-order valence-corrected chi connectivity index (χ2v) is 5.04. The summed E-state index contributed by atoms with van der Waals surface area (Å²) in [4.78, 5) is 12.1. The van der Waals surface area contributed by atoms with Crippen LogP contribution in [-0.4, -0.2) is 15.0 Å². The van der Waals surface area contributed by atoms with Crippen LogP contribution in [0.2, 0.25) is 0 Å². The number of halogens is 1. The van der Waals surface area contributed by atoms with Gasteiger partial charge in [0, 0.05) is 5.69 Å². The van der Waals surface area contributed by atoms with E-state index in [9.17, 15) is 4.39 Å². The second kappa shape index (κ2) is 5.09. The highest BCUT2D eigenvalue weighted by Crippen LogP contribution is 2.31. The normalized spacial score (nSPS) is 11.1. The predicted molar refractivity (Wildman–Crippen MR) is 73.9 cm³/mol. The molecule has 1 aromatic carbocycles. The molecule has 2 N–H and O–H groups in total. The minimum absolute atomic E-state index is 0.205. The number of fused-ring (bicyclic) bond motifs is 1. The fourth-order valence-electron chi connectivity index (χ4n) is 1.76. The number of anilines is 1. The maximum Gasteiger partial charge on any atom is 0.263 e. The van der Waals surface area contributed by atoms with Gasteiger partial charge in [-0.05, 0) is 36.4 Å². The molecular formula is C13H11FN4OS. The number of nitrogens with zero attached hydrogens (tertiary/aromatic N) is 3. The van der Waals surface area contributed by atoms with Crippen LogP contribution in [0.25, 0.3) is 11.1 Å². The number of hydrogen-bond donors (Lipinski definition) is 1. The van der Waals surface area contributed by atoms with Crippen molar-refractivity contribution >= 4 is 28.5 Å². The Morgan fingerprint density at radius 2 is 2.20 bits per heavy atom. The molecule has 3 rings (SSSR count). The van der Waals surface area contributed by atoms with E-state index in [2.05, 4.69) is 15.0 Å². The van der Waals surface area contributed by atoms with E-state index in [0.717, 1.165) is 11.8 Å². The Kier molecular flexibility index (Phi) is 3.27. The first kappa shape index (κ1) is 12.9. The SMILES string of the molecule is CCc1ncnc(Sc2nc3cc(N)ccc3o2)c1F. The number of nitrogen functional groups attached to an aromatic ring is 1. The molecule has 0 saturated carbocycles. The summed E-state index contributed by atoms with van der Waals surface area (Å²) in [6, 6.07) is 5.16. The number of nitrogens with two attached hydrogens (primary N) is 1. The molecule has 7 heteroatoms.